The third kappa shape index (κ3) is 14.5. The molecule has 0 spiro atoms. The Hall–Kier alpha value is -7.12. The van der Waals surface area contributed by atoms with Gasteiger partial charge in [0.2, 0.25) is 0 Å². The monoisotopic (exact) mass is 834 g/mol. The van der Waals surface area contributed by atoms with E-state index in [0.717, 1.165) is 65.5 Å². The van der Waals surface area contributed by atoms with Gasteiger partial charge in [0.15, 0.2) is 5.75 Å². The largest absolute Gasteiger partial charge is 0.491 e. The Morgan fingerprint density at radius 2 is 0.531 bits per heavy atom. The number of benzene rings is 6. The minimum Gasteiger partial charge on any atom is -0.491 e. The molecule has 2 nitrogen and oxygen atoms in total. The molecular weight excluding hydrogens is 777 g/mol. The van der Waals surface area contributed by atoms with Gasteiger partial charge in [-0.05, 0) is 108 Å². The van der Waals surface area contributed by atoms with E-state index < -0.39 is 0 Å². The lowest BCUT2D eigenvalue weighted by Crippen LogP contribution is -2.08. The van der Waals surface area contributed by atoms with E-state index in [0.29, 0.717) is 40.2 Å². The van der Waals surface area contributed by atoms with E-state index in [1.165, 1.54) is 47.9 Å². The number of aryl methyl sites for hydroxylation is 5. The molecule has 6 aromatic carbocycles. The highest BCUT2D eigenvalue weighted by Crippen LogP contribution is 2.34. The third-order valence-corrected chi connectivity index (χ3v) is 10.9. The van der Waals surface area contributed by atoms with Gasteiger partial charge in [-0.1, -0.05) is 193 Å². The van der Waals surface area contributed by atoms with Gasteiger partial charge in [-0.2, -0.15) is 0 Å². The fraction of sp³-hybridized carbons (Fsp3) is 0.258. The lowest BCUT2D eigenvalue weighted by Gasteiger charge is -2.17. The number of unbranched alkanes of at least 4 members (excludes halogenated alkanes) is 8. The average molecular weight is 835 g/mol. The van der Waals surface area contributed by atoms with Gasteiger partial charge in [0.1, 0.15) is 0 Å². The number of aliphatic hydroxyl groups is 1. The first-order valence-electron chi connectivity index (χ1n) is 22.7. The van der Waals surface area contributed by atoms with Crippen LogP contribution in [-0.2, 0) is 0 Å². The molecule has 0 saturated heterocycles. The summed E-state index contributed by atoms with van der Waals surface area (Å²) in [5, 5.41) is 9.13. The van der Waals surface area contributed by atoms with Crippen LogP contribution >= 0.6 is 0 Å². The summed E-state index contributed by atoms with van der Waals surface area (Å²) in [6.45, 7) is 11.2. The van der Waals surface area contributed by atoms with E-state index in [9.17, 15) is 0 Å². The summed E-state index contributed by atoms with van der Waals surface area (Å²) in [6, 6.07) is 41.2. The first-order valence-corrected chi connectivity index (χ1v) is 22.7. The highest BCUT2D eigenvalue weighted by atomic mass is 16.5. The van der Waals surface area contributed by atoms with Crippen molar-refractivity contribution in [3.8, 4) is 65.0 Å². The number of hydrogen-bond donors (Lipinski definition) is 1. The Labute approximate surface area is 383 Å². The van der Waals surface area contributed by atoms with Crippen LogP contribution < -0.4 is 4.74 Å². The van der Waals surface area contributed by atoms with Crippen LogP contribution in [-0.4, -0.2) is 18.3 Å². The molecule has 64 heavy (non-hydrogen) atoms. The molecule has 0 aliphatic heterocycles. The second kappa shape index (κ2) is 24.5. The van der Waals surface area contributed by atoms with Crippen molar-refractivity contribution >= 4 is 0 Å². The molecule has 6 aromatic rings. The second-order valence-electron chi connectivity index (χ2n) is 16.5. The number of rotatable bonds is 12. The first-order chi connectivity index (χ1) is 31.2. The van der Waals surface area contributed by atoms with E-state index >= 15 is 0 Å². The zero-order valence-electron chi connectivity index (χ0n) is 38.2. The number of ether oxygens (including phenoxy) is 1. The Morgan fingerprint density at radius 1 is 0.297 bits per heavy atom. The van der Waals surface area contributed by atoms with E-state index in [2.05, 4.69) is 154 Å². The van der Waals surface area contributed by atoms with E-state index in [1.54, 1.807) is 0 Å². The molecule has 1 N–H and O–H groups in total. The van der Waals surface area contributed by atoms with Crippen LogP contribution in [0.4, 0.5) is 0 Å². The molecule has 6 rings (SSSR count). The van der Waals surface area contributed by atoms with Crippen molar-refractivity contribution < 1.29 is 9.84 Å². The summed E-state index contributed by atoms with van der Waals surface area (Å²) in [7, 11) is 0. The second-order valence-corrected chi connectivity index (χ2v) is 16.5. The molecule has 318 valence electrons. The van der Waals surface area contributed by atoms with Gasteiger partial charge in [0, 0.05) is 34.4 Å². The highest BCUT2D eigenvalue weighted by Gasteiger charge is 2.22. The smallest absolute Gasteiger partial charge is 0.153 e. The normalized spacial score (nSPS) is 10.1. The molecular formula is C62H58O2. The summed E-state index contributed by atoms with van der Waals surface area (Å²) < 4.78 is 6.99. The van der Waals surface area contributed by atoms with E-state index in [1.807, 2.05) is 60.7 Å². The Morgan fingerprint density at radius 3 is 0.812 bits per heavy atom. The summed E-state index contributed by atoms with van der Waals surface area (Å²) in [5.74, 6) is 35.8. The Bertz CT molecular complexity index is 2650. The molecule has 0 amide bonds. The molecule has 0 unspecified atom stereocenters. The molecule has 0 aliphatic rings. The van der Waals surface area contributed by atoms with Crippen molar-refractivity contribution in [2.45, 2.75) is 92.4 Å². The maximum atomic E-state index is 9.13. The Kier molecular flexibility index (Phi) is 17.8. The highest BCUT2D eigenvalue weighted by molar-refractivity contribution is 5.78. The molecule has 0 heterocycles. The molecule has 0 aromatic heterocycles. The number of hydrogen-bond acceptors (Lipinski definition) is 2. The molecule has 0 radical (unpaired) electrons. The van der Waals surface area contributed by atoms with Crippen LogP contribution in [0.25, 0.3) is 0 Å². The Balaban J connectivity index is 1.61. The van der Waals surface area contributed by atoms with Crippen LogP contribution in [0.3, 0.4) is 0 Å². The summed E-state index contributed by atoms with van der Waals surface area (Å²) in [6.07, 6.45) is 9.84. The van der Waals surface area contributed by atoms with Gasteiger partial charge >= 0.3 is 0 Å². The molecule has 0 bridgehead atoms. The molecule has 0 fully saturated rings. The summed E-state index contributed by atoms with van der Waals surface area (Å²) in [5.41, 5.74) is 13.5. The number of aliphatic hydroxyl groups excluding tert-OH is 1. The molecule has 0 saturated carbocycles. The van der Waals surface area contributed by atoms with Crippen molar-refractivity contribution in [3.05, 3.63) is 205 Å². The van der Waals surface area contributed by atoms with Crippen LogP contribution in [0.5, 0.6) is 5.75 Å². The molecule has 0 aliphatic carbocycles. The topological polar surface area (TPSA) is 29.5 Å². The van der Waals surface area contributed by atoms with Crippen molar-refractivity contribution in [2.24, 2.45) is 0 Å². The fourth-order valence-electron chi connectivity index (χ4n) is 6.97. The third-order valence-electron chi connectivity index (χ3n) is 10.9. The van der Waals surface area contributed by atoms with Gasteiger partial charge < -0.3 is 9.84 Å². The summed E-state index contributed by atoms with van der Waals surface area (Å²) >= 11 is 0. The van der Waals surface area contributed by atoms with E-state index in [4.69, 9.17) is 9.84 Å². The maximum absolute atomic E-state index is 9.13. The molecule has 0 atom stereocenters. The fourth-order valence-corrected chi connectivity index (χ4v) is 6.97. The van der Waals surface area contributed by atoms with Crippen LogP contribution in [0.15, 0.2) is 121 Å². The SMILES string of the molecule is Cc1ccc(C#Cc2c(C#Cc3ccc(C)cc3)c(C#Cc3ccc(C)cc3)c(OCCCCCCCCCCCO)c(C#Cc3ccc(C)cc3)c2C#Cc2ccc(C)cc2)cc1. The van der Waals surface area contributed by atoms with Crippen LogP contribution in [0, 0.1) is 93.8 Å². The predicted molar refractivity (Wildman–Crippen MR) is 266 cm³/mol. The predicted octanol–water partition coefficient (Wildman–Crippen LogP) is 13.1. The van der Waals surface area contributed by atoms with Crippen molar-refractivity contribution in [3.63, 3.8) is 0 Å². The molecule has 2 heteroatoms. The van der Waals surface area contributed by atoms with Gasteiger partial charge in [-0.15, -0.1) is 0 Å². The maximum Gasteiger partial charge on any atom is 0.153 e. The quantitative estimate of drug-likeness (QED) is 0.0983. The van der Waals surface area contributed by atoms with Crippen molar-refractivity contribution in [2.75, 3.05) is 13.2 Å². The first kappa shape index (κ1) is 46.4. The van der Waals surface area contributed by atoms with Crippen LogP contribution in [0.1, 0.15) is 141 Å². The lowest BCUT2D eigenvalue weighted by molar-refractivity contribution is 0.282. The van der Waals surface area contributed by atoms with Gasteiger partial charge in [0.25, 0.3) is 0 Å². The van der Waals surface area contributed by atoms with E-state index in [-0.39, 0.29) is 6.61 Å². The minimum absolute atomic E-state index is 0.281. The zero-order chi connectivity index (χ0) is 44.9. The van der Waals surface area contributed by atoms with Crippen molar-refractivity contribution in [1.82, 2.24) is 0 Å². The standard InChI is InChI=1S/C62H58O2/c1-47-15-25-52(26-16-47)35-40-57-58(41-36-53-27-17-48(2)18-28-53)60(43-38-55-31-21-50(4)22-32-55)62(64-46-14-12-10-8-6-7-9-11-13-45-63)61(44-39-56-33-23-51(5)24-34-56)59(57)42-37-54-29-19-49(3)20-30-54/h15-34,63H,6-14,45-46H2,1-5H3. The summed E-state index contributed by atoms with van der Waals surface area (Å²) in [4.78, 5) is 0. The minimum atomic E-state index is 0.281. The zero-order valence-corrected chi connectivity index (χ0v) is 38.2. The van der Waals surface area contributed by atoms with Gasteiger partial charge in [-0.25, -0.2) is 0 Å². The van der Waals surface area contributed by atoms with Crippen molar-refractivity contribution in [1.29, 1.82) is 0 Å². The average Bonchev–Trinajstić information content (AvgIpc) is 3.30. The lowest BCUT2D eigenvalue weighted by atomic mass is 9.89. The van der Waals surface area contributed by atoms with Gasteiger partial charge in [-0.3, -0.25) is 0 Å². The van der Waals surface area contributed by atoms with Crippen LogP contribution in [0.2, 0.25) is 0 Å². The van der Waals surface area contributed by atoms with Gasteiger partial charge in [0.05, 0.1) is 34.4 Å².